The predicted octanol–water partition coefficient (Wildman–Crippen LogP) is 3.57. The van der Waals surface area contributed by atoms with E-state index in [4.69, 9.17) is 5.73 Å². The van der Waals surface area contributed by atoms with Crippen molar-refractivity contribution >= 4 is 0 Å². The molecule has 0 spiro atoms. The number of halogens is 2. The van der Waals surface area contributed by atoms with Gasteiger partial charge in [-0.2, -0.15) is 0 Å². The predicted molar refractivity (Wildman–Crippen MR) is 83.2 cm³/mol. The van der Waals surface area contributed by atoms with Crippen molar-refractivity contribution in [2.75, 3.05) is 0 Å². The molecule has 0 saturated heterocycles. The van der Waals surface area contributed by atoms with Crippen LogP contribution in [0.4, 0.5) is 8.78 Å². The van der Waals surface area contributed by atoms with Gasteiger partial charge >= 0.3 is 0 Å². The molecule has 118 valence electrons. The molecule has 0 aliphatic rings. The van der Waals surface area contributed by atoms with Crippen LogP contribution in [0.15, 0.2) is 48.5 Å². The van der Waals surface area contributed by atoms with Crippen molar-refractivity contribution in [1.82, 2.24) is 0 Å². The fourth-order valence-electron chi connectivity index (χ4n) is 2.56. The zero-order valence-electron chi connectivity index (χ0n) is 13.0. The molecule has 0 unspecified atom stereocenters. The molecule has 2 rings (SSSR count). The Morgan fingerprint density at radius 2 is 1.14 bits per heavy atom. The summed E-state index contributed by atoms with van der Waals surface area (Å²) in [5.74, 6) is -0.788. The van der Waals surface area contributed by atoms with Gasteiger partial charge in [-0.1, -0.05) is 45.0 Å². The van der Waals surface area contributed by atoms with E-state index in [0.717, 1.165) is 0 Å². The Bertz CT molecular complexity index is 584. The third-order valence-corrected chi connectivity index (χ3v) is 3.95. The SMILES string of the molecule is CC(C)(C)[C@H](N)C(O)(c1ccc(F)cc1)c1ccc(F)cc1. The lowest BCUT2D eigenvalue weighted by molar-refractivity contribution is 0.0110. The minimum Gasteiger partial charge on any atom is -0.379 e. The highest BCUT2D eigenvalue weighted by Crippen LogP contribution is 2.39. The number of rotatable bonds is 3. The topological polar surface area (TPSA) is 46.2 Å². The highest BCUT2D eigenvalue weighted by atomic mass is 19.1. The Morgan fingerprint density at radius 1 is 0.818 bits per heavy atom. The summed E-state index contributed by atoms with van der Waals surface area (Å²) in [6.07, 6.45) is 0. The van der Waals surface area contributed by atoms with E-state index in [1.165, 1.54) is 48.5 Å². The summed E-state index contributed by atoms with van der Waals surface area (Å²) in [5.41, 5.74) is 5.32. The second-order valence-corrected chi connectivity index (χ2v) is 6.62. The van der Waals surface area contributed by atoms with Crippen LogP contribution in [0.5, 0.6) is 0 Å². The molecule has 0 bridgehead atoms. The molecule has 1 atom stereocenters. The van der Waals surface area contributed by atoms with Gasteiger partial charge in [0.2, 0.25) is 0 Å². The first-order chi connectivity index (χ1) is 10.2. The molecule has 0 fully saturated rings. The highest BCUT2D eigenvalue weighted by molar-refractivity contribution is 5.39. The third kappa shape index (κ3) is 3.03. The monoisotopic (exact) mass is 305 g/mol. The second-order valence-electron chi connectivity index (χ2n) is 6.62. The number of hydrogen-bond acceptors (Lipinski definition) is 2. The molecule has 2 aromatic carbocycles. The van der Waals surface area contributed by atoms with Gasteiger partial charge in [0.15, 0.2) is 0 Å². The van der Waals surface area contributed by atoms with Crippen molar-refractivity contribution in [2.45, 2.75) is 32.4 Å². The number of benzene rings is 2. The fourth-order valence-corrected chi connectivity index (χ4v) is 2.56. The molecule has 2 aromatic rings. The molecule has 0 aliphatic heterocycles. The van der Waals surface area contributed by atoms with Gasteiger partial charge < -0.3 is 10.8 Å². The van der Waals surface area contributed by atoms with Gasteiger partial charge in [-0.25, -0.2) is 8.78 Å². The number of nitrogens with two attached hydrogens (primary N) is 1. The number of hydrogen-bond donors (Lipinski definition) is 2. The Labute approximate surface area is 129 Å². The maximum absolute atomic E-state index is 13.2. The molecule has 0 amide bonds. The first kappa shape index (κ1) is 16.6. The first-order valence-corrected chi connectivity index (χ1v) is 7.15. The van der Waals surface area contributed by atoms with Crippen molar-refractivity contribution in [3.63, 3.8) is 0 Å². The van der Waals surface area contributed by atoms with Crippen molar-refractivity contribution in [1.29, 1.82) is 0 Å². The van der Waals surface area contributed by atoms with Crippen LogP contribution in [0.25, 0.3) is 0 Å². The molecule has 0 saturated carbocycles. The second kappa shape index (κ2) is 5.78. The first-order valence-electron chi connectivity index (χ1n) is 7.15. The minimum atomic E-state index is -1.54. The van der Waals surface area contributed by atoms with Gasteiger partial charge in [0.05, 0.1) is 0 Å². The minimum absolute atomic E-state index is 0.394. The molecule has 4 heteroatoms. The standard InChI is InChI=1S/C18H21F2NO/c1-17(2,3)16(21)18(22,12-4-8-14(19)9-5-12)13-6-10-15(20)11-7-13/h4-11,16,22H,21H2,1-3H3/t16-/m0/s1. The highest BCUT2D eigenvalue weighted by Gasteiger charge is 2.43. The zero-order chi connectivity index (χ0) is 16.5. The maximum Gasteiger partial charge on any atom is 0.130 e. The molecule has 3 N–H and O–H groups in total. The lowest BCUT2D eigenvalue weighted by atomic mass is 9.70. The molecule has 0 aromatic heterocycles. The fraction of sp³-hybridized carbons (Fsp3) is 0.333. The Kier molecular flexibility index (Phi) is 4.36. The van der Waals surface area contributed by atoms with E-state index in [2.05, 4.69) is 0 Å². The quantitative estimate of drug-likeness (QED) is 0.910. The average Bonchev–Trinajstić information content (AvgIpc) is 2.46. The van der Waals surface area contributed by atoms with Gasteiger partial charge in [0.1, 0.15) is 17.2 Å². The normalized spacial score (nSPS) is 14.0. The molecular formula is C18H21F2NO. The van der Waals surface area contributed by atoms with Gasteiger partial charge in [0.25, 0.3) is 0 Å². The smallest absolute Gasteiger partial charge is 0.130 e. The van der Waals surface area contributed by atoms with Crippen LogP contribution in [-0.4, -0.2) is 11.1 Å². The summed E-state index contributed by atoms with van der Waals surface area (Å²) in [7, 11) is 0. The molecule has 0 radical (unpaired) electrons. The largest absolute Gasteiger partial charge is 0.379 e. The summed E-state index contributed by atoms with van der Waals surface area (Å²) in [5, 5.41) is 11.4. The van der Waals surface area contributed by atoms with Crippen LogP contribution in [0, 0.1) is 17.0 Å². The summed E-state index contributed by atoms with van der Waals surface area (Å²) in [4.78, 5) is 0. The lowest BCUT2D eigenvalue weighted by Gasteiger charge is -2.42. The molecule has 22 heavy (non-hydrogen) atoms. The van der Waals surface area contributed by atoms with Crippen molar-refractivity contribution in [3.8, 4) is 0 Å². The molecule has 0 aliphatic carbocycles. The van der Waals surface area contributed by atoms with Gasteiger partial charge in [-0.3, -0.25) is 0 Å². The molecular weight excluding hydrogens is 284 g/mol. The van der Waals surface area contributed by atoms with Crippen LogP contribution in [0.3, 0.4) is 0 Å². The van der Waals surface area contributed by atoms with E-state index in [1.807, 2.05) is 20.8 Å². The van der Waals surface area contributed by atoms with Crippen LogP contribution in [0.2, 0.25) is 0 Å². The number of aliphatic hydroxyl groups is 1. The maximum atomic E-state index is 13.2. The van der Waals surface area contributed by atoms with Gasteiger partial charge in [-0.15, -0.1) is 0 Å². The average molecular weight is 305 g/mol. The third-order valence-electron chi connectivity index (χ3n) is 3.95. The summed E-state index contributed by atoms with van der Waals surface area (Å²) >= 11 is 0. The van der Waals surface area contributed by atoms with Crippen molar-refractivity contribution < 1.29 is 13.9 Å². The van der Waals surface area contributed by atoms with E-state index in [-0.39, 0.29) is 0 Å². The van der Waals surface area contributed by atoms with E-state index in [1.54, 1.807) is 0 Å². The summed E-state index contributed by atoms with van der Waals surface area (Å²) in [6, 6.07) is 10.5. The van der Waals surface area contributed by atoms with Gasteiger partial charge in [0, 0.05) is 6.04 Å². The van der Waals surface area contributed by atoms with Crippen molar-refractivity contribution in [3.05, 3.63) is 71.3 Å². The van der Waals surface area contributed by atoms with Gasteiger partial charge in [-0.05, 0) is 40.8 Å². The van der Waals surface area contributed by atoms with E-state index < -0.39 is 28.7 Å². The van der Waals surface area contributed by atoms with Crippen LogP contribution in [0.1, 0.15) is 31.9 Å². The van der Waals surface area contributed by atoms with Crippen LogP contribution in [-0.2, 0) is 5.60 Å². The Morgan fingerprint density at radius 3 is 1.41 bits per heavy atom. The van der Waals surface area contributed by atoms with E-state index in [9.17, 15) is 13.9 Å². The Balaban J connectivity index is 2.63. The van der Waals surface area contributed by atoms with Crippen LogP contribution < -0.4 is 5.73 Å². The Hall–Kier alpha value is -1.78. The lowest BCUT2D eigenvalue weighted by Crippen LogP contribution is -2.53. The van der Waals surface area contributed by atoms with Crippen molar-refractivity contribution in [2.24, 2.45) is 11.1 Å². The zero-order valence-corrected chi connectivity index (χ0v) is 13.0. The van der Waals surface area contributed by atoms with Crippen LogP contribution >= 0.6 is 0 Å². The molecule has 0 heterocycles. The summed E-state index contributed by atoms with van der Waals surface area (Å²) in [6.45, 7) is 5.74. The van der Waals surface area contributed by atoms with E-state index in [0.29, 0.717) is 11.1 Å². The molecule has 2 nitrogen and oxygen atoms in total. The summed E-state index contributed by atoms with van der Waals surface area (Å²) < 4.78 is 26.4. The van der Waals surface area contributed by atoms with E-state index >= 15 is 0 Å².